The SMILES string of the molecule is CCOc1ccc(NC(=O)CN2CCC(N)CC2)cc1.Cl. The van der Waals surface area contributed by atoms with Crippen LogP contribution in [-0.4, -0.2) is 43.1 Å². The highest BCUT2D eigenvalue weighted by atomic mass is 35.5. The van der Waals surface area contributed by atoms with Gasteiger partial charge in [0.05, 0.1) is 13.2 Å². The number of nitrogens with two attached hydrogens (primary N) is 1. The topological polar surface area (TPSA) is 67.6 Å². The number of halogens is 1. The summed E-state index contributed by atoms with van der Waals surface area (Å²) in [6.45, 7) is 4.82. The van der Waals surface area contributed by atoms with Crippen LogP contribution in [0.15, 0.2) is 24.3 Å². The van der Waals surface area contributed by atoms with Gasteiger partial charge in [0.25, 0.3) is 0 Å². The van der Waals surface area contributed by atoms with Gasteiger partial charge in [0.15, 0.2) is 0 Å². The maximum Gasteiger partial charge on any atom is 0.238 e. The molecule has 0 radical (unpaired) electrons. The summed E-state index contributed by atoms with van der Waals surface area (Å²) in [5.74, 6) is 0.833. The van der Waals surface area contributed by atoms with Gasteiger partial charge < -0.3 is 15.8 Å². The van der Waals surface area contributed by atoms with Crippen molar-refractivity contribution in [3.63, 3.8) is 0 Å². The molecule has 0 saturated carbocycles. The van der Waals surface area contributed by atoms with E-state index in [4.69, 9.17) is 10.5 Å². The molecule has 0 bridgehead atoms. The summed E-state index contributed by atoms with van der Waals surface area (Å²) < 4.78 is 5.36. The number of anilines is 1. The molecule has 21 heavy (non-hydrogen) atoms. The van der Waals surface area contributed by atoms with Crippen LogP contribution in [0.3, 0.4) is 0 Å². The smallest absolute Gasteiger partial charge is 0.238 e. The molecule has 2 rings (SSSR count). The van der Waals surface area contributed by atoms with Crippen LogP contribution in [0, 0.1) is 0 Å². The minimum Gasteiger partial charge on any atom is -0.494 e. The monoisotopic (exact) mass is 313 g/mol. The van der Waals surface area contributed by atoms with Gasteiger partial charge in [-0.3, -0.25) is 9.69 Å². The van der Waals surface area contributed by atoms with Gasteiger partial charge in [0.2, 0.25) is 5.91 Å². The second-order valence-electron chi connectivity index (χ2n) is 5.12. The fourth-order valence-corrected chi connectivity index (χ4v) is 2.32. The predicted octanol–water partition coefficient (Wildman–Crippen LogP) is 1.87. The summed E-state index contributed by atoms with van der Waals surface area (Å²) in [5, 5.41) is 2.90. The van der Waals surface area contributed by atoms with E-state index in [9.17, 15) is 4.79 Å². The Morgan fingerprint density at radius 2 is 1.95 bits per heavy atom. The summed E-state index contributed by atoms with van der Waals surface area (Å²) in [5.41, 5.74) is 6.65. The molecule has 1 aliphatic rings. The van der Waals surface area contributed by atoms with Gasteiger partial charge in [-0.2, -0.15) is 0 Å². The Morgan fingerprint density at radius 1 is 1.33 bits per heavy atom. The Hall–Kier alpha value is -1.30. The molecule has 0 unspecified atom stereocenters. The van der Waals surface area contributed by atoms with Gasteiger partial charge in [0.1, 0.15) is 5.75 Å². The van der Waals surface area contributed by atoms with Gasteiger partial charge in [0, 0.05) is 24.8 Å². The molecular formula is C15H24ClN3O2. The molecule has 1 aromatic rings. The molecule has 118 valence electrons. The molecule has 5 nitrogen and oxygen atoms in total. The van der Waals surface area contributed by atoms with Crippen LogP contribution >= 0.6 is 12.4 Å². The second kappa shape index (κ2) is 8.87. The molecule has 0 aliphatic carbocycles. The molecule has 1 aromatic carbocycles. The van der Waals surface area contributed by atoms with Crippen molar-refractivity contribution in [2.24, 2.45) is 5.73 Å². The maximum absolute atomic E-state index is 12.0. The fraction of sp³-hybridized carbons (Fsp3) is 0.533. The number of hydrogen-bond donors (Lipinski definition) is 2. The van der Waals surface area contributed by atoms with Crippen LogP contribution in [0.2, 0.25) is 0 Å². The molecule has 0 aromatic heterocycles. The van der Waals surface area contributed by atoms with Crippen LogP contribution in [0.25, 0.3) is 0 Å². The molecule has 1 heterocycles. The van der Waals surface area contributed by atoms with Crippen molar-refractivity contribution in [2.45, 2.75) is 25.8 Å². The van der Waals surface area contributed by atoms with E-state index in [1.165, 1.54) is 0 Å². The van der Waals surface area contributed by atoms with Gasteiger partial charge in [-0.25, -0.2) is 0 Å². The molecule has 6 heteroatoms. The first-order valence-electron chi connectivity index (χ1n) is 7.18. The zero-order valence-corrected chi connectivity index (χ0v) is 13.2. The number of amides is 1. The standard InChI is InChI=1S/C15H23N3O2.ClH/c1-2-20-14-5-3-13(4-6-14)17-15(19)11-18-9-7-12(16)8-10-18;/h3-6,12H,2,7-11,16H2,1H3,(H,17,19);1H. The lowest BCUT2D eigenvalue weighted by molar-refractivity contribution is -0.117. The minimum atomic E-state index is 0. The van der Waals surface area contributed by atoms with E-state index in [1.807, 2.05) is 31.2 Å². The molecule has 0 atom stereocenters. The van der Waals surface area contributed by atoms with Crippen LogP contribution in [-0.2, 0) is 4.79 Å². The Bertz CT molecular complexity index is 431. The van der Waals surface area contributed by atoms with Gasteiger partial charge >= 0.3 is 0 Å². The number of rotatable bonds is 5. The fourth-order valence-electron chi connectivity index (χ4n) is 2.32. The third-order valence-electron chi connectivity index (χ3n) is 3.45. The number of piperidine rings is 1. The first kappa shape index (κ1) is 17.8. The number of nitrogens with one attached hydrogen (secondary N) is 1. The second-order valence-corrected chi connectivity index (χ2v) is 5.12. The average Bonchev–Trinajstić information content (AvgIpc) is 2.44. The highest BCUT2D eigenvalue weighted by molar-refractivity contribution is 5.92. The maximum atomic E-state index is 12.0. The molecule has 1 fully saturated rings. The summed E-state index contributed by atoms with van der Waals surface area (Å²) in [7, 11) is 0. The highest BCUT2D eigenvalue weighted by Crippen LogP contribution is 2.15. The molecule has 3 N–H and O–H groups in total. The zero-order chi connectivity index (χ0) is 14.4. The van der Waals surface area contributed by atoms with E-state index in [0.717, 1.165) is 37.4 Å². The average molecular weight is 314 g/mol. The Morgan fingerprint density at radius 3 is 2.52 bits per heavy atom. The van der Waals surface area contributed by atoms with E-state index in [-0.39, 0.29) is 18.3 Å². The van der Waals surface area contributed by atoms with Crippen molar-refractivity contribution in [3.8, 4) is 5.75 Å². The number of nitrogens with zero attached hydrogens (tertiary/aromatic N) is 1. The zero-order valence-electron chi connectivity index (χ0n) is 12.4. The summed E-state index contributed by atoms with van der Waals surface area (Å²) in [4.78, 5) is 14.1. The summed E-state index contributed by atoms with van der Waals surface area (Å²) in [6.07, 6.45) is 1.94. The number of ether oxygens (including phenoxy) is 1. The summed E-state index contributed by atoms with van der Waals surface area (Å²) in [6, 6.07) is 7.72. The normalized spacial score (nSPS) is 16.1. The third-order valence-corrected chi connectivity index (χ3v) is 3.45. The first-order valence-corrected chi connectivity index (χ1v) is 7.18. The first-order chi connectivity index (χ1) is 9.67. The van der Waals surface area contributed by atoms with E-state index in [2.05, 4.69) is 10.2 Å². The van der Waals surface area contributed by atoms with E-state index < -0.39 is 0 Å². The lowest BCUT2D eigenvalue weighted by Crippen LogP contribution is -2.43. The van der Waals surface area contributed by atoms with E-state index in [0.29, 0.717) is 19.2 Å². The molecule has 1 saturated heterocycles. The van der Waals surface area contributed by atoms with Crippen molar-refractivity contribution in [3.05, 3.63) is 24.3 Å². The number of likely N-dealkylation sites (tertiary alicyclic amines) is 1. The molecule has 1 amide bonds. The van der Waals surface area contributed by atoms with Crippen molar-refractivity contribution in [1.29, 1.82) is 0 Å². The van der Waals surface area contributed by atoms with E-state index >= 15 is 0 Å². The number of benzene rings is 1. The largest absolute Gasteiger partial charge is 0.494 e. The van der Waals surface area contributed by atoms with Gasteiger partial charge in [-0.15, -0.1) is 12.4 Å². The molecular weight excluding hydrogens is 290 g/mol. The molecule has 1 aliphatic heterocycles. The van der Waals surface area contributed by atoms with E-state index in [1.54, 1.807) is 0 Å². The van der Waals surface area contributed by atoms with Crippen molar-refractivity contribution < 1.29 is 9.53 Å². The Labute approximate surface area is 132 Å². The Kier molecular flexibility index (Phi) is 7.50. The lowest BCUT2D eigenvalue weighted by Gasteiger charge is -2.29. The van der Waals surface area contributed by atoms with Crippen LogP contribution in [0.1, 0.15) is 19.8 Å². The Balaban J connectivity index is 0.00000220. The van der Waals surface area contributed by atoms with Gasteiger partial charge in [-0.05, 0) is 44.0 Å². The highest BCUT2D eigenvalue weighted by Gasteiger charge is 2.18. The molecule has 0 spiro atoms. The van der Waals surface area contributed by atoms with Crippen molar-refractivity contribution >= 4 is 24.0 Å². The lowest BCUT2D eigenvalue weighted by atomic mass is 10.1. The third kappa shape index (κ3) is 5.91. The van der Waals surface area contributed by atoms with Crippen LogP contribution < -0.4 is 15.8 Å². The van der Waals surface area contributed by atoms with Crippen LogP contribution in [0.5, 0.6) is 5.75 Å². The minimum absolute atomic E-state index is 0. The summed E-state index contributed by atoms with van der Waals surface area (Å²) >= 11 is 0. The number of carbonyl (C=O) groups is 1. The van der Waals surface area contributed by atoms with Crippen molar-refractivity contribution in [1.82, 2.24) is 4.90 Å². The van der Waals surface area contributed by atoms with Crippen LogP contribution in [0.4, 0.5) is 5.69 Å². The predicted molar refractivity (Wildman–Crippen MR) is 87.1 cm³/mol. The number of hydrogen-bond acceptors (Lipinski definition) is 4. The van der Waals surface area contributed by atoms with Gasteiger partial charge in [-0.1, -0.05) is 0 Å². The van der Waals surface area contributed by atoms with Crippen molar-refractivity contribution in [2.75, 3.05) is 31.6 Å². The quantitative estimate of drug-likeness (QED) is 0.871. The number of carbonyl (C=O) groups excluding carboxylic acids is 1.